The Bertz CT molecular complexity index is 636. The minimum absolute atomic E-state index is 0.0669. The third-order valence-electron chi connectivity index (χ3n) is 2.41. The van der Waals surface area contributed by atoms with E-state index in [9.17, 15) is 8.42 Å². The second-order valence-corrected chi connectivity index (χ2v) is 6.35. The molecule has 2 heterocycles. The highest BCUT2D eigenvalue weighted by molar-refractivity contribution is 9.10. The van der Waals surface area contributed by atoms with Crippen LogP contribution in [0.1, 0.15) is 12.7 Å². The van der Waals surface area contributed by atoms with E-state index in [4.69, 9.17) is 0 Å². The Labute approximate surface area is 108 Å². The maximum atomic E-state index is 11.4. The number of aromatic nitrogens is 2. The van der Waals surface area contributed by atoms with Gasteiger partial charge in [-0.2, -0.15) is 0 Å². The van der Waals surface area contributed by atoms with Crippen LogP contribution in [0.3, 0.4) is 0 Å². The topological polar surface area (TPSA) is 63.5 Å². The van der Waals surface area contributed by atoms with Crippen molar-refractivity contribution in [2.24, 2.45) is 0 Å². The quantitative estimate of drug-likeness (QED) is 0.930. The largest absolute Gasteiger partial charge is 0.301 e. The first-order valence-corrected chi connectivity index (χ1v) is 7.57. The number of nitrogens with one attached hydrogen (secondary N) is 1. The average Bonchev–Trinajstić information content (AvgIpc) is 2.65. The lowest BCUT2D eigenvalue weighted by molar-refractivity contribution is 0.580. The molecule has 2 aromatic heterocycles. The van der Waals surface area contributed by atoms with Crippen molar-refractivity contribution in [3.8, 4) is 0 Å². The number of nitrogens with zero attached hydrogens (tertiary/aromatic N) is 2. The van der Waals surface area contributed by atoms with Crippen LogP contribution in [0.5, 0.6) is 0 Å². The van der Waals surface area contributed by atoms with E-state index in [2.05, 4.69) is 25.6 Å². The molecule has 0 amide bonds. The molecule has 0 atom stereocenters. The SMILES string of the molecule is CCS(=O)(=O)NCc1nc(Br)c2ccccn12. The molecule has 92 valence electrons. The number of fused-ring (bicyclic) bond motifs is 1. The molecule has 0 saturated carbocycles. The Morgan fingerprint density at radius 2 is 2.24 bits per heavy atom. The van der Waals surface area contributed by atoms with Gasteiger partial charge in [0.15, 0.2) is 0 Å². The van der Waals surface area contributed by atoms with Crippen molar-refractivity contribution in [1.82, 2.24) is 14.1 Å². The van der Waals surface area contributed by atoms with Gasteiger partial charge in [0.2, 0.25) is 10.0 Å². The molecule has 0 unspecified atom stereocenters. The lowest BCUT2D eigenvalue weighted by Crippen LogP contribution is -2.25. The fourth-order valence-electron chi connectivity index (χ4n) is 1.46. The summed E-state index contributed by atoms with van der Waals surface area (Å²) in [6, 6.07) is 5.69. The van der Waals surface area contributed by atoms with Gasteiger partial charge in [0.1, 0.15) is 10.4 Å². The van der Waals surface area contributed by atoms with Gasteiger partial charge in [-0.15, -0.1) is 0 Å². The second-order valence-electron chi connectivity index (χ2n) is 3.50. The standard InChI is InChI=1S/C10H12BrN3O2S/c1-2-17(15,16)12-7-9-13-10(11)8-5-3-4-6-14(8)9/h3-6,12H,2,7H2,1H3. The van der Waals surface area contributed by atoms with Crippen LogP contribution in [0.25, 0.3) is 5.52 Å². The predicted molar refractivity (Wildman–Crippen MR) is 69.2 cm³/mol. The van der Waals surface area contributed by atoms with Crippen molar-refractivity contribution in [2.75, 3.05) is 5.75 Å². The molecule has 7 heteroatoms. The third-order valence-corrected chi connectivity index (χ3v) is 4.33. The second kappa shape index (κ2) is 4.75. The van der Waals surface area contributed by atoms with Gasteiger partial charge in [-0.25, -0.2) is 18.1 Å². The molecule has 0 spiro atoms. The minimum Gasteiger partial charge on any atom is -0.301 e. The summed E-state index contributed by atoms with van der Waals surface area (Å²) in [5.41, 5.74) is 0.915. The normalized spacial score (nSPS) is 12.1. The number of rotatable bonds is 4. The zero-order valence-corrected chi connectivity index (χ0v) is 11.6. The Morgan fingerprint density at radius 3 is 2.94 bits per heavy atom. The zero-order valence-electron chi connectivity index (χ0n) is 9.22. The summed E-state index contributed by atoms with van der Waals surface area (Å²) in [5.74, 6) is 0.724. The van der Waals surface area contributed by atoms with E-state index in [0.29, 0.717) is 10.4 Å². The van der Waals surface area contributed by atoms with Crippen LogP contribution in [-0.4, -0.2) is 23.6 Å². The van der Waals surface area contributed by atoms with E-state index in [0.717, 1.165) is 5.52 Å². The van der Waals surface area contributed by atoms with Crippen molar-refractivity contribution in [3.63, 3.8) is 0 Å². The molecular formula is C10H12BrN3O2S. The van der Waals surface area contributed by atoms with Crippen LogP contribution >= 0.6 is 15.9 Å². The van der Waals surface area contributed by atoms with E-state index < -0.39 is 10.0 Å². The van der Waals surface area contributed by atoms with Crippen LogP contribution in [0, 0.1) is 0 Å². The molecule has 0 bridgehead atoms. The number of hydrogen-bond acceptors (Lipinski definition) is 3. The number of imidazole rings is 1. The Morgan fingerprint density at radius 1 is 1.47 bits per heavy atom. The molecule has 5 nitrogen and oxygen atoms in total. The van der Waals surface area contributed by atoms with Crippen LogP contribution in [0.2, 0.25) is 0 Å². The van der Waals surface area contributed by atoms with Gasteiger partial charge in [0.05, 0.1) is 17.8 Å². The molecule has 2 rings (SSSR count). The van der Waals surface area contributed by atoms with Gasteiger partial charge in [-0.1, -0.05) is 6.07 Å². The summed E-state index contributed by atoms with van der Waals surface area (Å²) < 4.78 is 27.8. The highest BCUT2D eigenvalue weighted by atomic mass is 79.9. The predicted octanol–water partition coefficient (Wildman–Crippen LogP) is 1.54. The summed E-state index contributed by atoms with van der Waals surface area (Å²) in [4.78, 5) is 4.28. The van der Waals surface area contributed by atoms with E-state index in [-0.39, 0.29) is 12.3 Å². The first-order chi connectivity index (χ1) is 8.03. The summed E-state index contributed by atoms with van der Waals surface area (Å²) in [7, 11) is -3.20. The van der Waals surface area contributed by atoms with E-state index in [1.807, 2.05) is 28.8 Å². The Hall–Kier alpha value is -0.920. The lowest BCUT2D eigenvalue weighted by Gasteiger charge is -2.03. The van der Waals surface area contributed by atoms with Gasteiger partial charge in [-0.3, -0.25) is 0 Å². The third kappa shape index (κ3) is 2.67. The van der Waals surface area contributed by atoms with Crippen molar-refractivity contribution < 1.29 is 8.42 Å². The van der Waals surface area contributed by atoms with E-state index in [1.165, 1.54) is 0 Å². The smallest absolute Gasteiger partial charge is 0.211 e. The molecule has 17 heavy (non-hydrogen) atoms. The number of halogens is 1. The number of hydrogen-bond donors (Lipinski definition) is 1. The maximum absolute atomic E-state index is 11.4. The number of sulfonamides is 1. The number of pyridine rings is 1. The monoisotopic (exact) mass is 317 g/mol. The van der Waals surface area contributed by atoms with E-state index in [1.54, 1.807) is 6.92 Å². The van der Waals surface area contributed by atoms with Gasteiger partial charge in [0, 0.05) is 6.20 Å². The Kier molecular flexibility index (Phi) is 3.50. The molecule has 0 saturated heterocycles. The first kappa shape index (κ1) is 12.5. The highest BCUT2D eigenvalue weighted by Crippen LogP contribution is 2.18. The molecule has 0 fully saturated rings. The minimum atomic E-state index is -3.20. The molecule has 0 aliphatic rings. The van der Waals surface area contributed by atoms with Crippen molar-refractivity contribution in [1.29, 1.82) is 0 Å². The van der Waals surface area contributed by atoms with Gasteiger partial charge >= 0.3 is 0 Å². The van der Waals surface area contributed by atoms with Gasteiger partial charge in [0.25, 0.3) is 0 Å². The van der Waals surface area contributed by atoms with Crippen molar-refractivity contribution in [3.05, 3.63) is 34.8 Å². The highest BCUT2D eigenvalue weighted by Gasteiger charge is 2.11. The molecule has 2 aromatic rings. The molecule has 0 aromatic carbocycles. The van der Waals surface area contributed by atoms with Crippen LogP contribution in [0.4, 0.5) is 0 Å². The average molecular weight is 318 g/mol. The molecule has 0 radical (unpaired) electrons. The molecule has 0 aliphatic heterocycles. The molecular weight excluding hydrogens is 306 g/mol. The Balaban J connectivity index is 2.31. The van der Waals surface area contributed by atoms with Gasteiger partial charge in [-0.05, 0) is 35.0 Å². The molecule has 0 aliphatic carbocycles. The van der Waals surface area contributed by atoms with Crippen molar-refractivity contribution >= 4 is 31.5 Å². The van der Waals surface area contributed by atoms with E-state index >= 15 is 0 Å². The van der Waals surface area contributed by atoms with Crippen LogP contribution < -0.4 is 4.72 Å². The first-order valence-electron chi connectivity index (χ1n) is 5.12. The summed E-state index contributed by atoms with van der Waals surface area (Å²) >= 11 is 3.35. The van der Waals surface area contributed by atoms with Crippen LogP contribution in [-0.2, 0) is 16.6 Å². The summed E-state index contributed by atoms with van der Waals surface area (Å²) in [6.07, 6.45) is 1.85. The molecule has 1 N–H and O–H groups in total. The fourth-order valence-corrected chi connectivity index (χ4v) is 2.54. The van der Waals surface area contributed by atoms with Crippen molar-refractivity contribution in [2.45, 2.75) is 13.5 Å². The maximum Gasteiger partial charge on any atom is 0.211 e. The summed E-state index contributed by atoms with van der Waals surface area (Å²) in [5, 5.41) is 0. The fraction of sp³-hybridized carbons (Fsp3) is 0.300. The lowest BCUT2D eigenvalue weighted by atomic mass is 10.4. The zero-order chi connectivity index (χ0) is 12.5. The summed E-state index contributed by atoms with van der Waals surface area (Å²) in [6.45, 7) is 1.79. The van der Waals surface area contributed by atoms with Gasteiger partial charge < -0.3 is 4.40 Å². The van der Waals surface area contributed by atoms with Crippen LogP contribution in [0.15, 0.2) is 29.0 Å².